The van der Waals surface area contributed by atoms with Crippen molar-refractivity contribution in [3.63, 3.8) is 0 Å². The zero-order chi connectivity index (χ0) is 21.0. The molecule has 2 aromatic rings. The second-order valence-electron chi connectivity index (χ2n) is 6.67. The van der Waals surface area contributed by atoms with Crippen molar-refractivity contribution in [3.8, 4) is 0 Å². The summed E-state index contributed by atoms with van der Waals surface area (Å²) >= 11 is 6.15. The third-order valence-corrected chi connectivity index (χ3v) is 4.77. The molecule has 1 aliphatic heterocycles. The first-order chi connectivity index (χ1) is 13.9. The largest absolute Gasteiger partial charge is 0.462 e. The number of hydrogen-bond donors (Lipinski definition) is 1. The van der Waals surface area contributed by atoms with Crippen LogP contribution in [0.1, 0.15) is 35.7 Å². The van der Waals surface area contributed by atoms with E-state index in [0.717, 1.165) is 23.3 Å². The van der Waals surface area contributed by atoms with Gasteiger partial charge in [0.15, 0.2) is 0 Å². The molecule has 0 spiro atoms. The van der Waals surface area contributed by atoms with Crippen LogP contribution in [0.5, 0.6) is 0 Å². The summed E-state index contributed by atoms with van der Waals surface area (Å²) in [5, 5.41) is 2.71. The number of nitrogens with one attached hydrogen (secondary N) is 1. The third kappa shape index (κ3) is 4.49. The highest BCUT2D eigenvalue weighted by atomic mass is 35.5. The first-order valence-electron chi connectivity index (χ1n) is 9.31. The molecular formula is C22H21ClN2O4. The molecule has 0 saturated heterocycles. The Bertz CT molecular complexity index is 983. The summed E-state index contributed by atoms with van der Waals surface area (Å²) in [4.78, 5) is 38.6. The van der Waals surface area contributed by atoms with Gasteiger partial charge < -0.3 is 10.1 Å². The summed E-state index contributed by atoms with van der Waals surface area (Å²) in [6.07, 6.45) is 1.67. The van der Waals surface area contributed by atoms with Crippen LogP contribution in [-0.4, -0.2) is 24.4 Å². The zero-order valence-corrected chi connectivity index (χ0v) is 17.0. The highest BCUT2D eigenvalue weighted by Gasteiger charge is 2.39. The molecule has 1 aliphatic rings. The third-order valence-electron chi connectivity index (χ3n) is 4.42. The summed E-state index contributed by atoms with van der Waals surface area (Å²) in [5.74, 6) is -1.74. The molecule has 29 heavy (non-hydrogen) atoms. The second-order valence-corrected chi connectivity index (χ2v) is 7.04. The van der Waals surface area contributed by atoms with Gasteiger partial charge in [0.05, 0.1) is 17.9 Å². The molecule has 2 amide bonds. The minimum Gasteiger partial charge on any atom is -0.462 e. The molecule has 0 fully saturated rings. The molecule has 0 bridgehead atoms. The Morgan fingerprint density at radius 1 is 1.10 bits per heavy atom. The van der Waals surface area contributed by atoms with Crippen molar-refractivity contribution in [1.82, 2.24) is 0 Å². The lowest BCUT2D eigenvalue weighted by Crippen LogP contribution is -2.32. The van der Waals surface area contributed by atoms with Crippen LogP contribution in [0, 0.1) is 6.92 Å². The smallest absolute Gasteiger partial charge is 0.338 e. The molecule has 6 nitrogen and oxygen atoms in total. The Labute approximate surface area is 174 Å². The van der Waals surface area contributed by atoms with E-state index in [1.165, 1.54) is 6.07 Å². The lowest BCUT2D eigenvalue weighted by molar-refractivity contribution is -0.120. The maximum atomic E-state index is 12.9. The van der Waals surface area contributed by atoms with Crippen molar-refractivity contribution in [1.29, 1.82) is 0 Å². The van der Waals surface area contributed by atoms with Crippen LogP contribution < -0.4 is 10.2 Å². The van der Waals surface area contributed by atoms with E-state index in [4.69, 9.17) is 16.3 Å². The minimum atomic E-state index is -0.650. The van der Waals surface area contributed by atoms with E-state index in [2.05, 4.69) is 5.32 Å². The number of imide groups is 1. The topological polar surface area (TPSA) is 75.7 Å². The average Bonchev–Trinajstić information content (AvgIpc) is 2.93. The van der Waals surface area contributed by atoms with Gasteiger partial charge in [-0.25, -0.2) is 9.69 Å². The first kappa shape index (κ1) is 20.6. The number of hydrogen-bond acceptors (Lipinski definition) is 5. The van der Waals surface area contributed by atoms with Crippen molar-refractivity contribution >= 4 is 40.8 Å². The van der Waals surface area contributed by atoms with Crippen molar-refractivity contribution in [2.75, 3.05) is 16.8 Å². The Morgan fingerprint density at radius 3 is 2.52 bits per heavy atom. The SMILES string of the molecule is CCCCOC(=O)c1cccc(N2C(=O)C(Cl)=C(Nc3ccc(C)cc3)C2=O)c1. The molecule has 1 heterocycles. The van der Waals surface area contributed by atoms with E-state index in [9.17, 15) is 14.4 Å². The maximum Gasteiger partial charge on any atom is 0.338 e. The maximum absolute atomic E-state index is 12.9. The summed E-state index contributed by atoms with van der Waals surface area (Å²) in [5.41, 5.74) is 2.21. The van der Waals surface area contributed by atoms with Gasteiger partial charge in [-0.1, -0.05) is 48.7 Å². The van der Waals surface area contributed by atoms with Crippen LogP contribution >= 0.6 is 11.6 Å². The van der Waals surface area contributed by atoms with Crippen molar-refractivity contribution in [3.05, 3.63) is 70.4 Å². The van der Waals surface area contributed by atoms with Crippen LogP contribution in [0.15, 0.2) is 59.3 Å². The standard InChI is InChI=1S/C22H21ClN2O4/c1-3-4-12-29-22(28)15-6-5-7-17(13-15)25-20(26)18(23)19(21(25)27)24-16-10-8-14(2)9-11-16/h5-11,13,24H,3-4,12H2,1-2H3. The summed E-state index contributed by atoms with van der Waals surface area (Å²) in [6.45, 7) is 4.26. The summed E-state index contributed by atoms with van der Waals surface area (Å²) in [6, 6.07) is 13.5. The minimum absolute atomic E-state index is 0.00329. The fourth-order valence-corrected chi connectivity index (χ4v) is 3.00. The van der Waals surface area contributed by atoms with Crippen molar-refractivity contribution < 1.29 is 19.1 Å². The van der Waals surface area contributed by atoms with E-state index in [0.29, 0.717) is 12.3 Å². The number of anilines is 2. The molecule has 0 atom stereocenters. The zero-order valence-electron chi connectivity index (χ0n) is 16.2. The first-order valence-corrected chi connectivity index (χ1v) is 9.69. The van der Waals surface area contributed by atoms with E-state index in [1.807, 2.05) is 26.0 Å². The lowest BCUT2D eigenvalue weighted by Gasteiger charge is -2.16. The molecule has 0 saturated carbocycles. The van der Waals surface area contributed by atoms with E-state index >= 15 is 0 Å². The monoisotopic (exact) mass is 412 g/mol. The van der Waals surface area contributed by atoms with Gasteiger partial charge in [-0.3, -0.25) is 9.59 Å². The normalized spacial score (nSPS) is 13.8. The number of unbranched alkanes of at least 4 members (excludes halogenated alkanes) is 1. The predicted octanol–water partition coefficient (Wildman–Crippen LogP) is 4.39. The van der Waals surface area contributed by atoms with Crippen molar-refractivity contribution in [2.45, 2.75) is 26.7 Å². The number of nitrogens with zero attached hydrogens (tertiary/aromatic N) is 1. The van der Waals surface area contributed by atoms with Crippen LogP contribution in [0.3, 0.4) is 0 Å². The van der Waals surface area contributed by atoms with Crippen LogP contribution in [0.25, 0.3) is 0 Å². The van der Waals surface area contributed by atoms with Crippen LogP contribution in [-0.2, 0) is 14.3 Å². The van der Waals surface area contributed by atoms with Gasteiger partial charge in [-0.2, -0.15) is 0 Å². The number of halogens is 1. The average molecular weight is 413 g/mol. The molecular weight excluding hydrogens is 392 g/mol. The van der Waals surface area contributed by atoms with Gasteiger partial charge in [-0.15, -0.1) is 0 Å². The number of rotatable bonds is 7. The van der Waals surface area contributed by atoms with Crippen molar-refractivity contribution in [2.24, 2.45) is 0 Å². The summed E-state index contributed by atoms with van der Waals surface area (Å²) in [7, 11) is 0. The van der Waals surface area contributed by atoms with Gasteiger partial charge in [-0.05, 0) is 43.7 Å². The summed E-state index contributed by atoms with van der Waals surface area (Å²) < 4.78 is 5.19. The number of carbonyl (C=O) groups excluding carboxylic acids is 3. The lowest BCUT2D eigenvalue weighted by atomic mass is 10.2. The predicted molar refractivity (Wildman–Crippen MR) is 112 cm³/mol. The van der Waals surface area contributed by atoms with Gasteiger partial charge in [0.2, 0.25) is 0 Å². The number of esters is 1. The van der Waals surface area contributed by atoms with E-state index in [-0.39, 0.29) is 22.0 Å². The van der Waals surface area contributed by atoms with Crippen LogP contribution in [0.2, 0.25) is 0 Å². The Hall–Kier alpha value is -3.12. The molecule has 2 aromatic carbocycles. The molecule has 7 heteroatoms. The second kappa shape index (κ2) is 8.92. The fourth-order valence-electron chi connectivity index (χ4n) is 2.79. The van der Waals surface area contributed by atoms with Gasteiger partial charge in [0, 0.05) is 5.69 Å². The highest BCUT2D eigenvalue weighted by Crippen LogP contribution is 2.30. The molecule has 0 radical (unpaired) electrons. The number of aryl methyl sites for hydroxylation is 1. The van der Waals surface area contributed by atoms with Crippen LogP contribution in [0.4, 0.5) is 11.4 Å². The molecule has 3 rings (SSSR count). The Balaban J connectivity index is 1.81. The number of amides is 2. The molecule has 1 N–H and O–H groups in total. The molecule has 0 aliphatic carbocycles. The van der Waals surface area contributed by atoms with Gasteiger partial charge in [0.25, 0.3) is 11.8 Å². The van der Waals surface area contributed by atoms with Gasteiger partial charge in [0.1, 0.15) is 10.7 Å². The van der Waals surface area contributed by atoms with E-state index in [1.54, 1.807) is 30.3 Å². The van der Waals surface area contributed by atoms with E-state index < -0.39 is 17.8 Å². The molecule has 0 aromatic heterocycles. The number of benzene rings is 2. The molecule has 150 valence electrons. The molecule has 0 unspecified atom stereocenters. The van der Waals surface area contributed by atoms with Gasteiger partial charge >= 0.3 is 5.97 Å². The Morgan fingerprint density at radius 2 is 1.83 bits per heavy atom. The fraction of sp³-hybridized carbons (Fsp3) is 0.227. The quantitative estimate of drug-likeness (QED) is 0.414. The number of carbonyl (C=O) groups is 3. The highest BCUT2D eigenvalue weighted by molar-refractivity contribution is 6.53. The number of ether oxygens (including phenoxy) is 1. The Kier molecular flexibility index (Phi) is 6.34.